The molecule has 0 aromatic heterocycles. The van der Waals surface area contributed by atoms with Crippen LogP contribution in [0.3, 0.4) is 0 Å². The fourth-order valence-corrected chi connectivity index (χ4v) is 1.68. The molecule has 0 aliphatic carbocycles. The third kappa shape index (κ3) is 3.85. The van der Waals surface area contributed by atoms with Crippen molar-refractivity contribution in [2.24, 2.45) is 5.92 Å². The summed E-state index contributed by atoms with van der Waals surface area (Å²) in [6.45, 7) is 9.04. The van der Waals surface area contributed by atoms with Crippen LogP contribution in [0.4, 0.5) is 0 Å². The Labute approximate surface area is 75.5 Å². The van der Waals surface area contributed by atoms with Gasteiger partial charge in [0.1, 0.15) is 0 Å². The monoisotopic (exact) mass is 172 g/mol. The first-order valence-corrected chi connectivity index (χ1v) is 5.57. The van der Waals surface area contributed by atoms with Gasteiger partial charge in [-0.25, -0.2) is 0 Å². The van der Waals surface area contributed by atoms with Crippen LogP contribution in [0.25, 0.3) is 0 Å². The summed E-state index contributed by atoms with van der Waals surface area (Å²) < 4.78 is 0. The van der Waals surface area contributed by atoms with E-state index in [4.69, 9.17) is 0 Å². The molecule has 0 bridgehead atoms. The fourth-order valence-electron chi connectivity index (χ4n) is 1.16. The van der Waals surface area contributed by atoms with Crippen LogP contribution < -0.4 is 0 Å². The quantitative estimate of drug-likeness (QED) is 0.615. The highest BCUT2D eigenvalue weighted by atomic mass is 32.2. The summed E-state index contributed by atoms with van der Waals surface area (Å²) in [6.07, 6.45) is 4.77. The van der Waals surface area contributed by atoms with Crippen molar-refractivity contribution in [1.82, 2.24) is 0 Å². The second-order valence-electron chi connectivity index (χ2n) is 3.13. The third-order valence-electron chi connectivity index (χ3n) is 2.32. The Bertz CT molecular complexity index is 136. The standard InChI is InChI=1S/C10H20S/c1-6-7-8(2)9(3)10(4)11-5/h8H,6-7H2,1-5H3/b10-9-. The summed E-state index contributed by atoms with van der Waals surface area (Å²) >= 11 is 1.87. The van der Waals surface area contributed by atoms with Gasteiger partial charge in [0.15, 0.2) is 0 Å². The van der Waals surface area contributed by atoms with E-state index < -0.39 is 0 Å². The minimum atomic E-state index is 0.771. The molecule has 0 N–H and O–H groups in total. The Hall–Kier alpha value is 0.0900. The Kier molecular flexibility index (Phi) is 5.75. The van der Waals surface area contributed by atoms with Crippen molar-refractivity contribution in [2.75, 3.05) is 6.26 Å². The van der Waals surface area contributed by atoms with Gasteiger partial charge in [0.05, 0.1) is 0 Å². The molecular formula is C10H20S. The lowest BCUT2D eigenvalue weighted by Gasteiger charge is -2.13. The van der Waals surface area contributed by atoms with Crippen LogP contribution >= 0.6 is 11.8 Å². The Morgan fingerprint density at radius 3 is 2.27 bits per heavy atom. The van der Waals surface area contributed by atoms with E-state index in [1.165, 1.54) is 17.7 Å². The summed E-state index contributed by atoms with van der Waals surface area (Å²) in [5, 5.41) is 0. The molecule has 0 amide bonds. The van der Waals surface area contributed by atoms with Crippen LogP contribution in [-0.4, -0.2) is 6.26 Å². The topological polar surface area (TPSA) is 0 Å². The molecule has 1 heteroatoms. The van der Waals surface area contributed by atoms with Gasteiger partial charge in [-0.1, -0.05) is 25.8 Å². The van der Waals surface area contributed by atoms with E-state index in [9.17, 15) is 0 Å². The highest BCUT2D eigenvalue weighted by Gasteiger charge is 2.04. The minimum Gasteiger partial charge on any atom is -0.134 e. The van der Waals surface area contributed by atoms with Crippen molar-refractivity contribution < 1.29 is 0 Å². The summed E-state index contributed by atoms with van der Waals surface area (Å²) in [6, 6.07) is 0. The minimum absolute atomic E-state index is 0.771. The molecule has 0 heterocycles. The molecule has 11 heavy (non-hydrogen) atoms. The zero-order valence-electron chi connectivity index (χ0n) is 8.40. The lowest BCUT2D eigenvalue weighted by molar-refractivity contribution is 0.599. The molecule has 0 nitrogen and oxygen atoms in total. The molecule has 0 saturated heterocycles. The Morgan fingerprint density at radius 2 is 1.91 bits per heavy atom. The summed E-state index contributed by atoms with van der Waals surface area (Å²) in [5.74, 6) is 0.771. The molecule has 0 spiro atoms. The average Bonchev–Trinajstić information content (AvgIpc) is 2.02. The van der Waals surface area contributed by atoms with Crippen LogP contribution in [0.5, 0.6) is 0 Å². The van der Waals surface area contributed by atoms with E-state index in [0.29, 0.717) is 0 Å². The Morgan fingerprint density at radius 1 is 1.36 bits per heavy atom. The number of rotatable bonds is 4. The average molecular weight is 172 g/mol. The van der Waals surface area contributed by atoms with E-state index in [1.807, 2.05) is 11.8 Å². The first-order valence-electron chi connectivity index (χ1n) is 4.34. The molecule has 0 radical (unpaired) electrons. The second kappa shape index (κ2) is 5.70. The fraction of sp³-hybridized carbons (Fsp3) is 0.800. The van der Waals surface area contributed by atoms with Crippen LogP contribution in [0.1, 0.15) is 40.5 Å². The zero-order chi connectivity index (χ0) is 8.85. The summed E-state index contributed by atoms with van der Waals surface area (Å²) in [4.78, 5) is 1.49. The SMILES string of the molecule is CCCC(C)/C(C)=C(/C)SC. The van der Waals surface area contributed by atoms with E-state index in [-0.39, 0.29) is 0 Å². The predicted molar refractivity (Wildman–Crippen MR) is 56.0 cm³/mol. The molecule has 0 fully saturated rings. The van der Waals surface area contributed by atoms with E-state index >= 15 is 0 Å². The molecule has 0 aromatic carbocycles. The first kappa shape index (κ1) is 11.1. The lowest BCUT2D eigenvalue weighted by atomic mass is 9.98. The summed E-state index contributed by atoms with van der Waals surface area (Å²) in [7, 11) is 0. The second-order valence-corrected chi connectivity index (χ2v) is 4.15. The van der Waals surface area contributed by atoms with E-state index in [1.54, 1.807) is 5.57 Å². The number of allylic oxidation sites excluding steroid dienone is 2. The van der Waals surface area contributed by atoms with Gasteiger partial charge in [0.25, 0.3) is 0 Å². The molecule has 1 atom stereocenters. The van der Waals surface area contributed by atoms with Crippen LogP contribution in [0.15, 0.2) is 10.5 Å². The van der Waals surface area contributed by atoms with Crippen LogP contribution in [0, 0.1) is 5.92 Å². The molecular weight excluding hydrogens is 152 g/mol. The van der Waals surface area contributed by atoms with Crippen LogP contribution in [0.2, 0.25) is 0 Å². The maximum absolute atomic E-state index is 2.32. The van der Waals surface area contributed by atoms with Gasteiger partial charge >= 0.3 is 0 Å². The maximum atomic E-state index is 2.32. The molecule has 1 unspecified atom stereocenters. The zero-order valence-corrected chi connectivity index (χ0v) is 9.22. The summed E-state index contributed by atoms with van der Waals surface area (Å²) in [5.41, 5.74) is 1.57. The van der Waals surface area contributed by atoms with Gasteiger partial charge in [0, 0.05) is 0 Å². The molecule has 0 aromatic rings. The lowest BCUT2D eigenvalue weighted by Crippen LogP contribution is -1.96. The largest absolute Gasteiger partial charge is 0.134 e. The molecule has 0 saturated carbocycles. The van der Waals surface area contributed by atoms with Gasteiger partial charge in [0.2, 0.25) is 0 Å². The highest BCUT2D eigenvalue weighted by Crippen LogP contribution is 2.24. The van der Waals surface area contributed by atoms with Gasteiger partial charge < -0.3 is 0 Å². The van der Waals surface area contributed by atoms with Crippen molar-refractivity contribution >= 4 is 11.8 Å². The van der Waals surface area contributed by atoms with Gasteiger partial charge in [-0.2, -0.15) is 0 Å². The smallest absolute Gasteiger partial charge is 0.0140 e. The number of thioether (sulfide) groups is 1. The molecule has 0 aliphatic heterocycles. The highest BCUT2D eigenvalue weighted by molar-refractivity contribution is 8.02. The van der Waals surface area contributed by atoms with Crippen molar-refractivity contribution in [3.05, 3.63) is 10.5 Å². The predicted octanol–water partition coefficient (Wildman–Crippen LogP) is 4.08. The van der Waals surface area contributed by atoms with Gasteiger partial charge in [-0.05, 0) is 37.3 Å². The normalized spacial score (nSPS) is 16.1. The van der Waals surface area contributed by atoms with Crippen LogP contribution in [-0.2, 0) is 0 Å². The van der Waals surface area contributed by atoms with Crippen molar-refractivity contribution in [1.29, 1.82) is 0 Å². The van der Waals surface area contributed by atoms with Gasteiger partial charge in [-0.3, -0.25) is 0 Å². The molecule has 0 rings (SSSR count). The van der Waals surface area contributed by atoms with Crippen molar-refractivity contribution in [3.63, 3.8) is 0 Å². The first-order chi connectivity index (χ1) is 5.13. The van der Waals surface area contributed by atoms with E-state index in [2.05, 4.69) is 34.0 Å². The third-order valence-corrected chi connectivity index (χ3v) is 3.26. The van der Waals surface area contributed by atoms with Crippen molar-refractivity contribution in [2.45, 2.75) is 40.5 Å². The number of hydrogen-bond donors (Lipinski definition) is 0. The maximum Gasteiger partial charge on any atom is -0.0140 e. The molecule has 0 aliphatic rings. The Balaban J connectivity index is 4.09. The van der Waals surface area contributed by atoms with Crippen molar-refractivity contribution in [3.8, 4) is 0 Å². The van der Waals surface area contributed by atoms with Gasteiger partial charge in [-0.15, -0.1) is 11.8 Å². The number of hydrogen-bond acceptors (Lipinski definition) is 1. The van der Waals surface area contributed by atoms with E-state index in [0.717, 1.165) is 5.92 Å². The molecule has 66 valence electrons.